The van der Waals surface area contributed by atoms with Crippen molar-refractivity contribution in [2.45, 2.75) is 27.3 Å². The molecule has 1 heterocycles. The van der Waals surface area contributed by atoms with E-state index in [1.807, 2.05) is 38.1 Å². The van der Waals surface area contributed by atoms with Gasteiger partial charge in [-0.05, 0) is 61.4 Å². The molecule has 172 valence electrons. The Morgan fingerprint density at radius 2 is 1.56 bits per heavy atom. The lowest BCUT2D eigenvalue weighted by molar-refractivity contribution is -0.114. The van der Waals surface area contributed by atoms with Crippen LogP contribution in [0.5, 0.6) is 0 Å². The number of rotatable bonds is 6. The van der Waals surface area contributed by atoms with Crippen molar-refractivity contribution in [3.8, 4) is 16.8 Å². The van der Waals surface area contributed by atoms with Gasteiger partial charge in [-0.25, -0.2) is 9.07 Å². The summed E-state index contributed by atoms with van der Waals surface area (Å²) in [6.45, 7) is 5.67. The van der Waals surface area contributed by atoms with E-state index in [9.17, 15) is 14.0 Å². The second-order valence-corrected chi connectivity index (χ2v) is 8.12. The quantitative estimate of drug-likeness (QED) is 0.420. The molecule has 4 aromatic rings. The summed E-state index contributed by atoms with van der Waals surface area (Å²) in [6.07, 6.45) is 0. The second kappa shape index (κ2) is 9.70. The van der Waals surface area contributed by atoms with Crippen molar-refractivity contribution in [2.24, 2.45) is 0 Å². The molecule has 2 amide bonds. The molecular formula is C27H25FN4O2. The number of nitrogens with one attached hydrogen (secondary N) is 2. The first-order valence-corrected chi connectivity index (χ1v) is 10.9. The molecule has 0 aliphatic heterocycles. The zero-order valence-electron chi connectivity index (χ0n) is 19.2. The molecule has 0 aliphatic carbocycles. The van der Waals surface area contributed by atoms with E-state index in [1.54, 1.807) is 41.1 Å². The SMILES string of the molecule is CC(=O)Nc1c(-c2ccc(C)cc2)c(C)nn1-c1ccc(C(=O)NCc2ccc(F)cc2)cc1. The Hall–Kier alpha value is -4.26. The number of carbonyl (C=O) groups is 2. The maximum atomic E-state index is 13.0. The van der Waals surface area contributed by atoms with Crippen molar-refractivity contribution in [3.05, 3.63) is 101 Å². The van der Waals surface area contributed by atoms with Crippen LogP contribution in [0.4, 0.5) is 10.2 Å². The van der Waals surface area contributed by atoms with Crippen LogP contribution in [0, 0.1) is 19.7 Å². The van der Waals surface area contributed by atoms with E-state index in [1.165, 1.54) is 19.1 Å². The zero-order chi connectivity index (χ0) is 24.2. The molecule has 0 saturated heterocycles. The fraction of sp³-hybridized carbons (Fsp3) is 0.148. The Morgan fingerprint density at radius 3 is 2.18 bits per heavy atom. The zero-order valence-corrected chi connectivity index (χ0v) is 19.2. The predicted molar refractivity (Wildman–Crippen MR) is 130 cm³/mol. The van der Waals surface area contributed by atoms with Crippen molar-refractivity contribution in [1.29, 1.82) is 0 Å². The first-order valence-electron chi connectivity index (χ1n) is 10.9. The fourth-order valence-corrected chi connectivity index (χ4v) is 3.70. The van der Waals surface area contributed by atoms with Crippen LogP contribution in [0.25, 0.3) is 16.8 Å². The molecule has 1 aromatic heterocycles. The number of carbonyl (C=O) groups excluding carboxylic acids is 2. The van der Waals surface area contributed by atoms with Gasteiger partial charge in [-0.15, -0.1) is 0 Å². The maximum Gasteiger partial charge on any atom is 0.251 e. The summed E-state index contributed by atoms with van der Waals surface area (Å²) < 4.78 is 14.7. The van der Waals surface area contributed by atoms with Gasteiger partial charge in [0.15, 0.2) is 0 Å². The lowest BCUT2D eigenvalue weighted by Crippen LogP contribution is -2.22. The minimum Gasteiger partial charge on any atom is -0.348 e. The van der Waals surface area contributed by atoms with Gasteiger partial charge in [-0.2, -0.15) is 5.10 Å². The predicted octanol–water partition coefficient (Wildman–Crippen LogP) is 5.18. The lowest BCUT2D eigenvalue weighted by Gasteiger charge is -2.11. The van der Waals surface area contributed by atoms with Gasteiger partial charge in [0.2, 0.25) is 5.91 Å². The molecule has 0 radical (unpaired) electrons. The molecule has 7 heteroatoms. The van der Waals surface area contributed by atoms with Gasteiger partial charge in [0.1, 0.15) is 11.6 Å². The van der Waals surface area contributed by atoms with Crippen molar-refractivity contribution >= 4 is 17.6 Å². The Kier molecular flexibility index (Phi) is 6.54. The molecule has 3 aromatic carbocycles. The molecule has 0 fully saturated rings. The molecule has 34 heavy (non-hydrogen) atoms. The normalized spacial score (nSPS) is 10.7. The van der Waals surface area contributed by atoms with Crippen molar-refractivity contribution in [1.82, 2.24) is 15.1 Å². The number of hydrogen-bond acceptors (Lipinski definition) is 3. The van der Waals surface area contributed by atoms with Crippen molar-refractivity contribution < 1.29 is 14.0 Å². The van der Waals surface area contributed by atoms with Crippen LogP contribution in [-0.2, 0) is 11.3 Å². The standard InChI is InChI=1S/C27H25FN4O2/c1-17-4-8-21(9-5-17)25-18(2)31-32(26(25)30-19(3)33)24-14-10-22(11-15-24)27(34)29-16-20-6-12-23(28)13-7-20/h4-15H,16H2,1-3H3,(H,29,34)(H,30,33). The monoisotopic (exact) mass is 456 g/mol. The molecule has 0 bridgehead atoms. The van der Waals surface area contributed by atoms with Gasteiger partial charge >= 0.3 is 0 Å². The van der Waals surface area contributed by atoms with Gasteiger partial charge in [0.25, 0.3) is 5.91 Å². The number of hydrogen-bond donors (Lipinski definition) is 2. The van der Waals surface area contributed by atoms with Crippen LogP contribution >= 0.6 is 0 Å². The minimum absolute atomic E-state index is 0.202. The highest BCUT2D eigenvalue weighted by molar-refractivity contribution is 5.95. The summed E-state index contributed by atoms with van der Waals surface area (Å²) in [5, 5.41) is 10.4. The smallest absolute Gasteiger partial charge is 0.251 e. The maximum absolute atomic E-state index is 13.0. The third kappa shape index (κ3) is 5.04. The highest BCUT2D eigenvalue weighted by atomic mass is 19.1. The first-order chi connectivity index (χ1) is 16.3. The highest BCUT2D eigenvalue weighted by Crippen LogP contribution is 2.33. The van der Waals surface area contributed by atoms with Gasteiger partial charge in [-0.3, -0.25) is 9.59 Å². The fourth-order valence-electron chi connectivity index (χ4n) is 3.70. The average Bonchev–Trinajstić information content (AvgIpc) is 3.14. The number of nitrogens with zero attached hydrogens (tertiary/aromatic N) is 2. The molecule has 2 N–H and O–H groups in total. The van der Waals surface area contributed by atoms with Gasteiger partial charge in [0, 0.05) is 24.6 Å². The van der Waals surface area contributed by atoms with Crippen molar-refractivity contribution in [2.75, 3.05) is 5.32 Å². The van der Waals surface area contributed by atoms with Gasteiger partial charge in [-0.1, -0.05) is 42.0 Å². The Labute approximate surface area is 197 Å². The molecule has 0 aliphatic rings. The third-order valence-corrected chi connectivity index (χ3v) is 5.44. The van der Waals surface area contributed by atoms with E-state index in [4.69, 9.17) is 0 Å². The topological polar surface area (TPSA) is 76.0 Å². The Balaban J connectivity index is 1.59. The molecule has 4 rings (SSSR count). The lowest BCUT2D eigenvalue weighted by atomic mass is 10.0. The highest BCUT2D eigenvalue weighted by Gasteiger charge is 2.19. The molecule has 0 unspecified atom stereocenters. The molecule has 0 atom stereocenters. The summed E-state index contributed by atoms with van der Waals surface area (Å²) >= 11 is 0. The molecule has 0 spiro atoms. The van der Waals surface area contributed by atoms with Crippen LogP contribution in [0.1, 0.15) is 34.1 Å². The molecule has 6 nitrogen and oxygen atoms in total. The van der Waals surface area contributed by atoms with E-state index >= 15 is 0 Å². The Morgan fingerprint density at radius 1 is 0.912 bits per heavy atom. The number of amides is 2. The summed E-state index contributed by atoms with van der Waals surface area (Å²) in [4.78, 5) is 24.5. The summed E-state index contributed by atoms with van der Waals surface area (Å²) in [5.41, 5.74) is 5.71. The number of halogens is 1. The number of aromatic nitrogens is 2. The summed E-state index contributed by atoms with van der Waals surface area (Å²) in [7, 11) is 0. The van der Waals surface area contributed by atoms with E-state index in [0.717, 1.165) is 27.9 Å². The number of aryl methyl sites for hydroxylation is 2. The van der Waals surface area contributed by atoms with Crippen LogP contribution in [0.3, 0.4) is 0 Å². The second-order valence-electron chi connectivity index (χ2n) is 8.12. The van der Waals surface area contributed by atoms with Crippen LogP contribution < -0.4 is 10.6 Å². The summed E-state index contributed by atoms with van der Waals surface area (Å²) in [5.74, 6) is -0.188. The van der Waals surface area contributed by atoms with Crippen LogP contribution in [0.2, 0.25) is 0 Å². The number of benzene rings is 3. The molecular weight excluding hydrogens is 431 g/mol. The van der Waals surface area contributed by atoms with E-state index < -0.39 is 0 Å². The summed E-state index contributed by atoms with van der Waals surface area (Å²) in [6, 6.07) is 21.0. The van der Waals surface area contributed by atoms with Crippen LogP contribution in [-0.4, -0.2) is 21.6 Å². The number of anilines is 1. The molecule has 0 saturated carbocycles. The van der Waals surface area contributed by atoms with E-state index in [2.05, 4.69) is 15.7 Å². The van der Waals surface area contributed by atoms with Crippen molar-refractivity contribution in [3.63, 3.8) is 0 Å². The van der Waals surface area contributed by atoms with E-state index in [-0.39, 0.29) is 17.6 Å². The minimum atomic E-state index is -0.316. The largest absolute Gasteiger partial charge is 0.348 e. The third-order valence-electron chi connectivity index (χ3n) is 5.44. The van der Waals surface area contributed by atoms with Gasteiger partial charge in [0.05, 0.1) is 11.4 Å². The van der Waals surface area contributed by atoms with Crippen LogP contribution in [0.15, 0.2) is 72.8 Å². The Bertz CT molecular complexity index is 1330. The van der Waals surface area contributed by atoms with Gasteiger partial charge < -0.3 is 10.6 Å². The first kappa shape index (κ1) is 22.9. The average molecular weight is 457 g/mol. The van der Waals surface area contributed by atoms with E-state index in [0.29, 0.717) is 23.6 Å².